The number of nitrogens with two attached hydrogens (primary N) is 1. The molecule has 0 aliphatic carbocycles. The summed E-state index contributed by atoms with van der Waals surface area (Å²) in [4.78, 5) is 27.2. The van der Waals surface area contributed by atoms with E-state index in [1.807, 2.05) is 19.9 Å². The number of anilines is 1. The van der Waals surface area contributed by atoms with Crippen molar-refractivity contribution in [2.75, 3.05) is 25.5 Å². The lowest BCUT2D eigenvalue weighted by atomic mass is 9.93. The molecule has 2 amide bonds. The highest BCUT2D eigenvalue weighted by molar-refractivity contribution is 8.01. The monoisotopic (exact) mass is 391 g/mol. The molecule has 0 spiro atoms. The van der Waals surface area contributed by atoms with E-state index in [1.54, 1.807) is 24.1 Å². The summed E-state index contributed by atoms with van der Waals surface area (Å²) in [5.41, 5.74) is 6.27. The van der Waals surface area contributed by atoms with Crippen LogP contribution < -0.4 is 11.1 Å². The number of carbonyl (C=O) groups is 2. The third kappa shape index (κ3) is 5.28. The lowest BCUT2D eigenvalue weighted by Crippen LogP contribution is -2.42. The molecule has 1 aliphatic rings. The minimum absolute atomic E-state index is 0. The van der Waals surface area contributed by atoms with E-state index in [-0.39, 0.29) is 36.1 Å². The van der Waals surface area contributed by atoms with E-state index >= 15 is 0 Å². The molecule has 2 rings (SSSR count). The van der Waals surface area contributed by atoms with Crippen LogP contribution in [0.2, 0.25) is 5.02 Å². The molecule has 0 saturated carbocycles. The summed E-state index contributed by atoms with van der Waals surface area (Å²) < 4.78 is 0. The predicted octanol–water partition coefficient (Wildman–Crippen LogP) is 3.01. The van der Waals surface area contributed by atoms with Gasteiger partial charge in [0.15, 0.2) is 0 Å². The molecule has 0 radical (unpaired) electrons. The number of halogens is 2. The van der Waals surface area contributed by atoms with Gasteiger partial charge in [0.05, 0.1) is 10.9 Å². The third-order valence-corrected chi connectivity index (χ3v) is 5.27. The third-order valence-electron chi connectivity index (χ3n) is 3.76. The Hall–Kier alpha value is -0.950. The second kappa shape index (κ2) is 8.43. The normalized spacial score (nSPS) is 16.7. The van der Waals surface area contributed by atoms with Gasteiger partial charge >= 0.3 is 0 Å². The number of rotatable bonds is 5. The molecule has 5 nitrogen and oxygen atoms in total. The minimum Gasteiger partial charge on any atom is -0.345 e. The van der Waals surface area contributed by atoms with Crippen molar-refractivity contribution in [2.45, 2.75) is 30.4 Å². The molecular formula is C16H23Cl2N3O2S. The maximum atomic E-state index is 12.4. The Labute approximate surface area is 158 Å². The quantitative estimate of drug-likeness (QED) is 0.808. The topological polar surface area (TPSA) is 75.4 Å². The molecule has 1 aromatic rings. The summed E-state index contributed by atoms with van der Waals surface area (Å²) >= 11 is 7.33. The van der Waals surface area contributed by atoms with Gasteiger partial charge in [-0.3, -0.25) is 9.59 Å². The second-order valence-corrected chi connectivity index (χ2v) is 8.24. The van der Waals surface area contributed by atoms with Crippen LogP contribution in [0.4, 0.5) is 5.69 Å². The number of hydrogen-bond donors (Lipinski definition) is 2. The Kier molecular flexibility index (Phi) is 7.41. The van der Waals surface area contributed by atoms with Crippen molar-refractivity contribution in [1.82, 2.24) is 4.90 Å². The Morgan fingerprint density at radius 1 is 1.46 bits per heavy atom. The van der Waals surface area contributed by atoms with Crippen LogP contribution in [0.3, 0.4) is 0 Å². The fraction of sp³-hybridized carbons (Fsp3) is 0.500. The summed E-state index contributed by atoms with van der Waals surface area (Å²) in [5.74, 6) is -0.221. The lowest BCUT2D eigenvalue weighted by molar-refractivity contribution is -0.132. The molecular weight excluding hydrogens is 369 g/mol. The Morgan fingerprint density at radius 3 is 2.75 bits per heavy atom. The van der Waals surface area contributed by atoms with Gasteiger partial charge in [0.1, 0.15) is 0 Å². The number of carbonyl (C=O) groups excluding carboxylic acids is 2. The van der Waals surface area contributed by atoms with Crippen molar-refractivity contribution >= 4 is 53.3 Å². The number of nitrogens with one attached hydrogen (secondary N) is 1. The molecule has 0 aromatic heterocycles. The highest BCUT2D eigenvalue weighted by Gasteiger charge is 2.31. The zero-order valence-electron chi connectivity index (χ0n) is 14.0. The maximum Gasteiger partial charge on any atom is 0.238 e. The van der Waals surface area contributed by atoms with Crippen molar-refractivity contribution in [3.63, 3.8) is 0 Å². The van der Waals surface area contributed by atoms with E-state index in [4.69, 9.17) is 17.3 Å². The van der Waals surface area contributed by atoms with Gasteiger partial charge in [0.25, 0.3) is 0 Å². The number of hydrogen-bond acceptors (Lipinski definition) is 4. The van der Waals surface area contributed by atoms with Crippen molar-refractivity contribution in [1.29, 1.82) is 0 Å². The standard InChI is InChI=1S/C16H22ClN3O2S.ClH/c1-16(2,8-18)9-20(3)14(21)7-13-15(22)19-11-6-10(17)4-5-12(11)23-13;/h4-6,13H,7-9,18H2,1-3H3,(H,19,22);1H. The van der Waals surface area contributed by atoms with Gasteiger partial charge in [-0.1, -0.05) is 25.4 Å². The first kappa shape index (κ1) is 21.1. The van der Waals surface area contributed by atoms with Crippen molar-refractivity contribution in [3.05, 3.63) is 23.2 Å². The van der Waals surface area contributed by atoms with Crippen molar-refractivity contribution in [3.8, 4) is 0 Å². The number of nitrogens with zero attached hydrogens (tertiary/aromatic N) is 1. The molecule has 24 heavy (non-hydrogen) atoms. The summed E-state index contributed by atoms with van der Waals surface area (Å²) in [6.45, 7) is 5.09. The SMILES string of the molecule is CN(CC(C)(C)CN)C(=O)CC1Sc2ccc(Cl)cc2NC1=O.Cl. The Bertz CT molecular complexity index is 625. The maximum absolute atomic E-state index is 12.4. The first-order valence-electron chi connectivity index (χ1n) is 7.43. The van der Waals surface area contributed by atoms with Crippen LogP contribution in [0, 0.1) is 5.41 Å². The van der Waals surface area contributed by atoms with E-state index < -0.39 is 5.25 Å². The Balaban J connectivity index is 0.00000288. The molecule has 1 atom stereocenters. The highest BCUT2D eigenvalue weighted by atomic mass is 35.5. The van der Waals surface area contributed by atoms with E-state index in [2.05, 4.69) is 5.32 Å². The van der Waals surface area contributed by atoms with Crippen LogP contribution in [0.15, 0.2) is 23.1 Å². The van der Waals surface area contributed by atoms with E-state index in [1.165, 1.54) is 11.8 Å². The zero-order valence-corrected chi connectivity index (χ0v) is 16.4. The predicted molar refractivity (Wildman–Crippen MR) is 102 cm³/mol. The van der Waals surface area contributed by atoms with Gasteiger partial charge in [0.2, 0.25) is 11.8 Å². The van der Waals surface area contributed by atoms with Crippen LogP contribution in [0.1, 0.15) is 20.3 Å². The van der Waals surface area contributed by atoms with E-state index in [9.17, 15) is 9.59 Å². The minimum atomic E-state index is -0.431. The number of thioether (sulfide) groups is 1. The fourth-order valence-corrected chi connectivity index (χ4v) is 3.62. The van der Waals surface area contributed by atoms with Gasteiger partial charge in [0, 0.05) is 29.9 Å². The molecule has 1 unspecified atom stereocenters. The van der Waals surface area contributed by atoms with E-state index in [0.717, 1.165) is 4.90 Å². The van der Waals surface area contributed by atoms with Crippen LogP contribution in [-0.4, -0.2) is 42.1 Å². The average Bonchev–Trinajstić information content (AvgIpc) is 2.47. The summed E-state index contributed by atoms with van der Waals surface area (Å²) in [6, 6.07) is 5.36. The first-order chi connectivity index (χ1) is 10.7. The molecule has 1 aromatic carbocycles. The lowest BCUT2D eigenvalue weighted by Gasteiger charge is -2.30. The van der Waals surface area contributed by atoms with Gasteiger partial charge in [-0.25, -0.2) is 0 Å². The van der Waals surface area contributed by atoms with Crippen molar-refractivity contribution in [2.24, 2.45) is 11.1 Å². The largest absolute Gasteiger partial charge is 0.345 e. The second-order valence-electron chi connectivity index (χ2n) is 6.56. The molecule has 1 aliphatic heterocycles. The zero-order chi connectivity index (χ0) is 17.2. The molecule has 3 N–H and O–H groups in total. The molecule has 0 fully saturated rings. The molecule has 0 saturated heterocycles. The molecule has 1 heterocycles. The number of fused-ring (bicyclic) bond motifs is 1. The van der Waals surface area contributed by atoms with Gasteiger partial charge < -0.3 is 16.0 Å². The number of benzene rings is 1. The van der Waals surface area contributed by atoms with Crippen LogP contribution in [0.5, 0.6) is 0 Å². The summed E-state index contributed by atoms with van der Waals surface area (Å²) in [7, 11) is 1.75. The highest BCUT2D eigenvalue weighted by Crippen LogP contribution is 2.38. The van der Waals surface area contributed by atoms with Crippen LogP contribution >= 0.6 is 35.8 Å². The van der Waals surface area contributed by atoms with Crippen LogP contribution in [-0.2, 0) is 9.59 Å². The summed E-state index contributed by atoms with van der Waals surface area (Å²) in [6.07, 6.45) is 0.162. The Morgan fingerprint density at radius 2 is 2.12 bits per heavy atom. The van der Waals surface area contributed by atoms with E-state index in [0.29, 0.717) is 23.8 Å². The molecule has 0 bridgehead atoms. The van der Waals surface area contributed by atoms with Gasteiger partial charge in [-0.15, -0.1) is 24.2 Å². The summed E-state index contributed by atoms with van der Waals surface area (Å²) in [5, 5.41) is 2.96. The average molecular weight is 392 g/mol. The fourth-order valence-electron chi connectivity index (χ4n) is 2.37. The number of amides is 2. The van der Waals surface area contributed by atoms with Crippen molar-refractivity contribution < 1.29 is 9.59 Å². The molecule has 8 heteroatoms. The van der Waals surface area contributed by atoms with Gasteiger partial charge in [-0.05, 0) is 30.2 Å². The smallest absolute Gasteiger partial charge is 0.238 e. The first-order valence-corrected chi connectivity index (χ1v) is 8.69. The van der Waals surface area contributed by atoms with Crippen LogP contribution in [0.25, 0.3) is 0 Å². The van der Waals surface area contributed by atoms with Gasteiger partial charge in [-0.2, -0.15) is 0 Å². The molecule has 134 valence electrons.